The van der Waals surface area contributed by atoms with Gasteiger partial charge in [-0.2, -0.15) is 4.74 Å². The molecule has 0 spiro atoms. The fraction of sp³-hybridized carbons (Fsp3) is 0.333. The van der Waals surface area contributed by atoms with Crippen molar-refractivity contribution in [1.82, 2.24) is 0 Å². The van der Waals surface area contributed by atoms with Crippen molar-refractivity contribution < 1.29 is 9.53 Å². The molecule has 0 saturated carbocycles. The predicted octanol–water partition coefficient (Wildman–Crippen LogP) is 1.74. The first kappa shape index (κ1) is 9.90. The lowest BCUT2D eigenvalue weighted by molar-refractivity contribution is -0.525. The second-order valence-electron chi connectivity index (χ2n) is 4.45. The van der Waals surface area contributed by atoms with Crippen molar-refractivity contribution in [2.45, 2.75) is 26.3 Å². The highest BCUT2D eigenvalue weighted by atomic mass is 16.5. The molecule has 1 heterocycles. The molecule has 1 aliphatic carbocycles. The molecular formula is C12H13NO2. The number of carbonyl (C=O) groups excluding carboxylic acids is 1. The molecule has 78 valence electrons. The summed E-state index contributed by atoms with van der Waals surface area (Å²) in [6.45, 7) is 5.64. The van der Waals surface area contributed by atoms with E-state index in [-0.39, 0.29) is 5.78 Å². The van der Waals surface area contributed by atoms with E-state index in [1.54, 1.807) is 6.08 Å². The second kappa shape index (κ2) is 2.92. The number of carbonyl (C=O) groups is 1. The number of hydrogen-bond acceptors (Lipinski definition) is 2. The standard InChI is InChI=1S/C12H13NO2/c1-8-7-12(2,3)13(15)11-5-4-9(14)6-10(8)11/h4-7H,1-3H3. The molecule has 3 nitrogen and oxygen atoms in total. The molecule has 0 amide bonds. The van der Waals surface area contributed by atoms with E-state index in [9.17, 15) is 10.0 Å². The van der Waals surface area contributed by atoms with Gasteiger partial charge in [-0.1, -0.05) is 0 Å². The molecule has 0 saturated heterocycles. The van der Waals surface area contributed by atoms with Crippen molar-refractivity contribution in [1.29, 1.82) is 0 Å². The average molecular weight is 203 g/mol. The highest BCUT2D eigenvalue weighted by molar-refractivity contribution is 6.20. The first-order valence-electron chi connectivity index (χ1n) is 4.90. The SMILES string of the molecule is CC1=CC(C)(C)[N+]([O-])=C2C=CC(=O)C=C12. The Bertz CT molecular complexity index is 462. The lowest BCUT2D eigenvalue weighted by Crippen LogP contribution is -2.39. The summed E-state index contributed by atoms with van der Waals surface area (Å²) in [5.74, 6) is -0.0605. The quantitative estimate of drug-likeness (QED) is 0.342. The van der Waals surface area contributed by atoms with Crippen molar-refractivity contribution in [2.24, 2.45) is 0 Å². The molecule has 0 N–H and O–H groups in total. The topological polar surface area (TPSA) is 43.1 Å². The highest BCUT2D eigenvalue weighted by Gasteiger charge is 2.34. The van der Waals surface area contributed by atoms with E-state index < -0.39 is 5.54 Å². The Hall–Kier alpha value is -1.64. The number of fused-ring (bicyclic) bond motifs is 1. The third kappa shape index (κ3) is 1.44. The van der Waals surface area contributed by atoms with Gasteiger partial charge < -0.3 is 5.21 Å². The fourth-order valence-electron chi connectivity index (χ4n) is 1.98. The molecule has 0 fully saturated rings. The van der Waals surface area contributed by atoms with Crippen molar-refractivity contribution in [3.05, 3.63) is 40.7 Å². The maximum absolute atomic E-state index is 12.0. The molecule has 1 aliphatic heterocycles. The number of allylic oxidation sites excluding steroid dienone is 5. The molecule has 0 unspecified atom stereocenters. The van der Waals surface area contributed by atoms with E-state index in [1.807, 2.05) is 26.8 Å². The van der Waals surface area contributed by atoms with E-state index >= 15 is 0 Å². The fourth-order valence-corrected chi connectivity index (χ4v) is 1.98. The number of hydrogen-bond donors (Lipinski definition) is 0. The summed E-state index contributed by atoms with van der Waals surface area (Å²) < 4.78 is 0.953. The summed E-state index contributed by atoms with van der Waals surface area (Å²) in [6.07, 6.45) is 6.43. The lowest BCUT2D eigenvalue weighted by Gasteiger charge is -2.29. The van der Waals surface area contributed by atoms with Crippen LogP contribution in [0.4, 0.5) is 0 Å². The van der Waals surface area contributed by atoms with Gasteiger partial charge in [-0.25, -0.2) is 0 Å². The Kier molecular flexibility index (Phi) is 1.93. The Balaban J connectivity index is 2.63. The van der Waals surface area contributed by atoms with Gasteiger partial charge in [0, 0.05) is 19.9 Å². The van der Waals surface area contributed by atoms with Gasteiger partial charge in [0.2, 0.25) is 5.71 Å². The maximum atomic E-state index is 12.0. The lowest BCUT2D eigenvalue weighted by atomic mass is 9.88. The third-order valence-electron chi connectivity index (χ3n) is 2.70. The van der Waals surface area contributed by atoms with Crippen molar-refractivity contribution >= 4 is 11.5 Å². The van der Waals surface area contributed by atoms with Gasteiger partial charge in [-0.15, -0.1) is 0 Å². The Morgan fingerprint density at radius 3 is 2.67 bits per heavy atom. The molecule has 0 radical (unpaired) electrons. The average Bonchev–Trinajstić information content (AvgIpc) is 2.14. The minimum atomic E-state index is -0.540. The van der Waals surface area contributed by atoms with Crippen LogP contribution in [0, 0.1) is 5.21 Å². The molecule has 3 heteroatoms. The van der Waals surface area contributed by atoms with E-state index in [4.69, 9.17) is 0 Å². The largest absolute Gasteiger partial charge is 0.623 e. The van der Waals surface area contributed by atoms with Crippen LogP contribution in [0.25, 0.3) is 0 Å². The van der Waals surface area contributed by atoms with Gasteiger partial charge in [0.05, 0.1) is 5.57 Å². The maximum Gasteiger partial charge on any atom is 0.219 e. The molecular weight excluding hydrogens is 190 g/mol. The minimum Gasteiger partial charge on any atom is -0.623 e. The molecule has 2 rings (SSSR count). The first-order chi connectivity index (χ1) is 6.92. The minimum absolute atomic E-state index is 0.0605. The molecule has 0 atom stereocenters. The molecule has 2 aliphatic rings. The van der Waals surface area contributed by atoms with Crippen LogP contribution in [0.2, 0.25) is 0 Å². The second-order valence-corrected chi connectivity index (χ2v) is 4.45. The summed E-state index contributed by atoms with van der Waals surface area (Å²) in [6, 6.07) is 0. The van der Waals surface area contributed by atoms with Gasteiger partial charge >= 0.3 is 0 Å². The summed E-state index contributed by atoms with van der Waals surface area (Å²) in [7, 11) is 0. The van der Waals surface area contributed by atoms with Crippen LogP contribution < -0.4 is 0 Å². The van der Waals surface area contributed by atoms with Gasteiger partial charge in [0.25, 0.3) is 0 Å². The van der Waals surface area contributed by atoms with Crippen LogP contribution >= 0.6 is 0 Å². The summed E-state index contributed by atoms with van der Waals surface area (Å²) in [5.41, 5.74) is 1.78. The Morgan fingerprint density at radius 2 is 2.00 bits per heavy atom. The van der Waals surface area contributed by atoms with Crippen molar-refractivity contribution in [2.75, 3.05) is 0 Å². The van der Waals surface area contributed by atoms with Crippen LogP contribution in [0.5, 0.6) is 0 Å². The molecule has 0 aromatic carbocycles. The smallest absolute Gasteiger partial charge is 0.219 e. The van der Waals surface area contributed by atoms with E-state index in [1.165, 1.54) is 12.2 Å². The molecule has 0 bridgehead atoms. The molecule has 15 heavy (non-hydrogen) atoms. The number of rotatable bonds is 0. The first-order valence-corrected chi connectivity index (χ1v) is 4.90. The van der Waals surface area contributed by atoms with E-state index in [0.717, 1.165) is 15.9 Å². The van der Waals surface area contributed by atoms with Gasteiger partial charge in [-0.05, 0) is 30.7 Å². The van der Waals surface area contributed by atoms with Crippen molar-refractivity contribution in [3.8, 4) is 0 Å². The number of nitrogens with zero attached hydrogens (tertiary/aromatic N) is 1. The molecule has 0 aromatic rings. The zero-order chi connectivity index (χ0) is 11.2. The van der Waals surface area contributed by atoms with Crippen LogP contribution in [-0.4, -0.2) is 21.8 Å². The highest BCUT2D eigenvalue weighted by Crippen LogP contribution is 2.27. The zero-order valence-corrected chi connectivity index (χ0v) is 9.07. The van der Waals surface area contributed by atoms with Gasteiger partial charge in [-0.3, -0.25) is 4.79 Å². The number of ketones is 1. The predicted molar refractivity (Wildman–Crippen MR) is 58.7 cm³/mol. The van der Waals surface area contributed by atoms with E-state index in [0.29, 0.717) is 5.71 Å². The Morgan fingerprint density at radius 1 is 1.33 bits per heavy atom. The third-order valence-corrected chi connectivity index (χ3v) is 2.70. The van der Waals surface area contributed by atoms with Crippen LogP contribution in [0.15, 0.2) is 35.5 Å². The summed E-state index contributed by atoms with van der Waals surface area (Å²) in [5, 5.41) is 12.0. The van der Waals surface area contributed by atoms with Gasteiger partial charge in [0.15, 0.2) is 11.3 Å². The zero-order valence-electron chi connectivity index (χ0n) is 9.07. The summed E-state index contributed by atoms with van der Waals surface area (Å²) >= 11 is 0. The molecule has 0 aromatic heterocycles. The summed E-state index contributed by atoms with van der Waals surface area (Å²) in [4.78, 5) is 11.2. The van der Waals surface area contributed by atoms with Crippen LogP contribution in [0.1, 0.15) is 20.8 Å². The Labute approximate surface area is 88.7 Å². The monoisotopic (exact) mass is 203 g/mol. The van der Waals surface area contributed by atoms with E-state index in [2.05, 4.69) is 0 Å². The normalized spacial score (nSPS) is 23.5. The van der Waals surface area contributed by atoms with Gasteiger partial charge in [0.1, 0.15) is 0 Å². The van der Waals surface area contributed by atoms with Crippen molar-refractivity contribution in [3.63, 3.8) is 0 Å². The number of hydroxylamine groups is 1. The van der Waals surface area contributed by atoms with Crippen LogP contribution in [0.3, 0.4) is 0 Å². The van der Waals surface area contributed by atoms with Crippen LogP contribution in [-0.2, 0) is 4.79 Å².